The van der Waals surface area contributed by atoms with Crippen LogP contribution in [0.15, 0.2) is 46.0 Å². The van der Waals surface area contributed by atoms with Gasteiger partial charge in [-0.25, -0.2) is 4.79 Å². The largest absolute Gasteiger partial charge is 0.332 e. The number of aryl methyl sites for hydroxylation is 2. The lowest BCUT2D eigenvalue weighted by Gasteiger charge is -2.33. The molecule has 7 heteroatoms. The first kappa shape index (κ1) is 18.3. The molecule has 4 rings (SSSR count). The highest BCUT2D eigenvalue weighted by molar-refractivity contribution is 5.77. The van der Waals surface area contributed by atoms with E-state index in [1.54, 1.807) is 7.05 Å². The Balaban J connectivity index is 2.02. The topological polar surface area (TPSA) is 65.1 Å². The third-order valence-electron chi connectivity index (χ3n) is 5.18. The molecule has 146 valence electrons. The molecule has 0 radical (unpaired) electrons. The number of aromatic nitrogens is 4. The number of imidazole rings is 1. The summed E-state index contributed by atoms with van der Waals surface area (Å²) < 4.78 is 4.67. The monoisotopic (exact) mass is 379 g/mol. The van der Waals surface area contributed by atoms with E-state index in [1.807, 2.05) is 23.6 Å². The van der Waals surface area contributed by atoms with Gasteiger partial charge in [-0.1, -0.05) is 31.2 Å². The van der Waals surface area contributed by atoms with Crippen molar-refractivity contribution in [2.45, 2.75) is 33.9 Å². The van der Waals surface area contributed by atoms with Crippen LogP contribution in [0, 0.1) is 12.8 Å². The molecule has 1 atom stereocenters. The van der Waals surface area contributed by atoms with Gasteiger partial charge < -0.3 is 9.47 Å². The van der Waals surface area contributed by atoms with E-state index >= 15 is 0 Å². The zero-order valence-electron chi connectivity index (χ0n) is 16.8. The highest BCUT2D eigenvalue weighted by Crippen LogP contribution is 2.33. The maximum atomic E-state index is 13.2. The molecule has 1 aliphatic rings. The van der Waals surface area contributed by atoms with E-state index in [1.165, 1.54) is 9.13 Å². The molecule has 0 bridgehead atoms. The molecular formula is C21H25N5O2. The van der Waals surface area contributed by atoms with E-state index in [-0.39, 0.29) is 17.8 Å². The fourth-order valence-corrected chi connectivity index (χ4v) is 3.93. The normalized spacial score (nSPS) is 16.4. The number of anilines is 2. The maximum absolute atomic E-state index is 13.2. The standard InChI is InChI=1S/C21H25N5O2/c1-13(2)10-26-19(27)17-18(23(5)21(26)28)22-20-24(11-15(4)12-25(17)20)16-8-6-7-14(3)9-16/h6-9,15H,1,10-12H2,2-5H3/t15-/m1/s1. The van der Waals surface area contributed by atoms with Crippen molar-refractivity contribution in [2.24, 2.45) is 13.0 Å². The minimum absolute atomic E-state index is 0.207. The minimum atomic E-state index is -0.369. The Bertz CT molecular complexity index is 1210. The van der Waals surface area contributed by atoms with Crippen molar-refractivity contribution >= 4 is 22.8 Å². The zero-order valence-corrected chi connectivity index (χ0v) is 16.8. The lowest BCUT2D eigenvalue weighted by atomic mass is 10.1. The van der Waals surface area contributed by atoms with E-state index in [2.05, 4.69) is 37.5 Å². The van der Waals surface area contributed by atoms with E-state index in [0.29, 0.717) is 29.6 Å². The van der Waals surface area contributed by atoms with Gasteiger partial charge in [0.1, 0.15) is 0 Å². The first-order chi connectivity index (χ1) is 13.3. The van der Waals surface area contributed by atoms with Crippen molar-refractivity contribution in [3.63, 3.8) is 0 Å². The number of fused-ring (bicyclic) bond motifs is 3. The van der Waals surface area contributed by atoms with Gasteiger partial charge >= 0.3 is 5.69 Å². The molecule has 0 saturated heterocycles. The summed E-state index contributed by atoms with van der Waals surface area (Å²) in [6.07, 6.45) is 0. The van der Waals surface area contributed by atoms with Crippen LogP contribution >= 0.6 is 0 Å². The minimum Gasteiger partial charge on any atom is -0.312 e. The third kappa shape index (κ3) is 2.78. The number of nitrogens with zero attached hydrogens (tertiary/aromatic N) is 5. The molecule has 0 fully saturated rings. The van der Waals surface area contributed by atoms with Gasteiger partial charge in [-0.3, -0.25) is 13.9 Å². The molecule has 0 N–H and O–H groups in total. The summed E-state index contributed by atoms with van der Waals surface area (Å²) in [4.78, 5) is 32.8. The van der Waals surface area contributed by atoms with Crippen LogP contribution in [-0.2, 0) is 20.1 Å². The summed E-state index contributed by atoms with van der Waals surface area (Å²) >= 11 is 0. The lowest BCUT2D eigenvalue weighted by molar-refractivity contribution is 0.458. The molecule has 1 aromatic carbocycles. The van der Waals surface area contributed by atoms with Crippen LogP contribution in [0.4, 0.5) is 11.6 Å². The van der Waals surface area contributed by atoms with Crippen molar-refractivity contribution < 1.29 is 0 Å². The molecule has 1 aliphatic heterocycles. The number of hydrogen-bond acceptors (Lipinski definition) is 4. The van der Waals surface area contributed by atoms with E-state index in [9.17, 15) is 9.59 Å². The van der Waals surface area contributed by atoms with Gasteiger partial charge in [0, 0.05) is 25.8 Å². The Morgan fingerprint density at radius 2 is 2.04 bits per heavy atom. The van der Waals surface area contributed by atoms with Crippen molar-refractivity contribution in [1.29, 1.82) is 0 Å². The van der Waals surface area contributed by atoms with Crippen LogP contribution in [0.5, 0.6) is 0 Å². The lowest BCUT2D eigenvalue weighted by Crippen LogP contribution is -2.40. The Kier molecular flexibility index (Phi) is 4.25. The third-order valence-corrected chi connectivity index (χ3v) is 5.18. The molecule has 0 saturated carbocycles. The summed E-state index contributed by atoms with van der Waals surface area (Å²) in [5.74, 6) is 1.04. The number of hydrogen-bond donors (Lipinski definition) is 0. The molecular weight excluding hydrogens is 354 g/mol. The van der Waals surface area contributed by atoms with E-state index in [0.717, 1.165) is 23.4 Å². The molecule has 0 spiro atoms. The van der Waals surface area contributed by atoms with Crippen LogP contribution in [0.3, 0.4) is 0 Å². The van der Waals surface area contributed by atoms with Crippen LogP contribution in [0.1, 0.15) is 19.4 Å². The quantitative estimate of drug-likeness (QED) is 0.656. The van der Waals surface area contributed by atoms with Gasteiger partial charge in [0.25, 0.3) is 5.56 Å². The highest BCUT2D eigenvalue weighted by Gasteiger charge is 2.29. The smallest absolute Gasteiger partial charge is 0.312 e. The number of rotatable bonds is 3. The van der Waals surface area contributed by atoms with Crippen molar-refractivity contribution in [2.75, 3.05) is 11.4 Å². The Labute approximate surface area is 163 Å². The van der Waals surface area contributed by atoms with Gasteiger partial charge in [-0.05, 0) is 37.5 Å². The van der Waals surface area contributed by atoms with Crippen LogP contribution in [-0.4, -0.2) is 25.2 Å². The van der Waals surface area contributed by atoms with Crippen LogP contribution in [0.2, 0.25) is 0 Å². The first-order valence-corrected chi connectivity index (χ1v) is 9.46. The Morgan fingerprint density at radius 3 is 2.71 bits per heavy atom. The fraction of sp³-hybridized carbons (Fsp3) is 0.381. The van der Waals surface area contributed by atoms with Crippen molar-refractivity contribution in [3.05, 3.63) is 62.8 Å². The average Bonchev–Trinajstić information content (AvgIpc) is 3.02. The van der Waals surface area contributed by atoms with Gasteiger partial charge in [0.05, 0.1) is 6.54 Å². The maximum Gasteiger partial charge on any atom is 0.332 e. The van der Waals surface area contributed by atoms with Crippen LogP contribution in [0.25, 0.3) is 11.2 Å². The molecule has 0 aliphatic carbocycles. The summed E-state index contributed by atoms with van der Waals surface area (Å²) in [6.45, 7) is 11.6. The molecule has 0 amide bonds. The second-order valence-corrected chi connectivity index (χ2v) is 7.94. The van der Waals surface area contributed by atoms with Crippen molar-refractivity contribution in [1.82, 2.24) is 18.7 Å². The highest BCUT2D eigenvalue weighted by atomic mass is 16.2. The van der Waals surface area contributed by atoms with Gasteiger partial charge in [-0.15, -0.1) is 0 Å². The van der Waals surface area contributed by atoms with E-state index < -0.39 is 0 Å². The molecule has 3 heterocycles. The summed E-state index contributed by atoms with van der Waals surface area (Å²) in [7, 11) is 1.67. The predicted octanol–water partition coefficient (Wildman–Crippen LogP) is 2.57. The summed E-state index contributed by atoms with van der Waals surface area (Å²) in [6, 6.07) is 8.24. The SMILES string of the molecule is C=C(C)Cn1c(=O)c2c(nc3n2C[C@H](C)CN3c2cccc(C)c2)n(C)c1=O. The average molecular weight is 379 g/mol. The number of benzene rings is 1. The second kappa shape index (κ2) is 6.51. The molecule has 2 aromatic heterocycles. The Hall–Kier alpha value is -3.09. The summed E-state index contributed by atoms with van der Waals surface area (Å²) in [5, 5.41) is 0. The van der Waals surface area contributed by atoms with Crippen molar-refractivity contribution in [3.8, 4) is 0 Å². The first-order valence-electron chi connectivity index (χ1n) is 9.46. The predicted molar refractivity (Wildman–Crippen MR) is 111 cm³/mol. The molecule has 3 aromatic rings. The van der Waals surface area contributed by atoms with E-state index in [4.69, 9.17) is 4.98 Å². The van der Waals surface area contributed by atoms with Gasteiger partial charge in [0.2, 0.25) is 5.95 Å². The van der Waals surface area contributed by atoms with Crippen LogP contribution < -0.4 is 16.1 Å². The Morgan fingerprint density at radius 1 is 1.29 bits per heavy atom. The molecule has 7 nitrogen and oxygen atoms in total. The summed E-state index contributed by atoms with van der Waals surface area (Å²) in [5.41, 5.74) is 3.18. The molecule has 28 heavy (non-hydrogen) atoms. The fourth-order valence-electron chi connectivity index (χ4n) is 3.93. The zero-order chi connectivity index (χ0) is 20.2. The molecule has 0 unspecified atom stereocenters. The number of allylic oxidation sites excluding steroid dienone is 1. The van der Waals surface area contributed by atoms with Gasteiger partial charge in [0.15, 0.2) is 11.2 Å². The van der Waals surface area contributed by atoms with Gasteiger partial charge in [-0.2, -0.15) is 4.98 Å². The second-order valence-electron chi connectivity index (χ2n) is 7.94.